The number of nitrogens with one attached hydrogen (secondary N) is 1. The molecule has 0 saturated heterocycles. The average Bonchev–Trinajstić information content (AvgIpc) is 2.42. The van der Waals surface area contributed by atoms with Crippen molar-refractivity contribution in [3.63, 3.8) is 0 Å². The highest BCUT2D eigenvalue weighted by Crippen LogP contribution is 2.27. The summed E-state index contributed by atoms with van der Waals surface area (Å²) in [4.78, 5) is 8.77. The minimum absolute atomic E-state index is 0.251. The molecule has 1 N–H and O–H groups in total. The minimum Gasteiger partial charge on any atom is -0.439 e. The molecule has 0 saturated carbocycles. The van der Waals surface area contributed by atoms with E-state index in [9.17, 15) is 8.42 Å². The fourth-order valence-electron chi connectivity index (χ4n) is 1.81. The number of hydrogen-bond acceptors (Lipinski definition) is 6. The number of hydrogen-bond donors (Lipinski definition) is 1. The molecule has 0 amide bonds. The molecule has 0 fully saturated rings. The van der Waals surface area contributed by atoms with Gasteiger partial charge in [-0.25, -0.2) is 13.4 Å². The Balaban J connectivity index is 2.32. The van der Waals surface area contributed by atoms with Crippen LogP contribution in [0.5, 0.6) is 11.6 Å². The van der Waals surface area contributed by atoms with E-state index in [0.29, 0.717) is 23.3 Å². The number of benzene rings is 1. The topological polar surface area (TPSA) is 81.2 Å². The number of ether oxygens (including phenoxy) is 1. The van der Waals surface area contributed by atoms with E-state index in [2.05, 4.69) is 15.3 Å². The van der Waals surface area contributed by atoms with Crippen molar-refractivity contribution in [1.29, 1.82) is 0 Å². The Kier molecular flexibility index (Phi) is 4.13. The molecule has 0 radical (unpaired) electrons. The first kappa shape index (κ1) is 15.2. The third kappa shape index (κ3) is 3.49. The van der Waals surface area contributed by atoms with Gasteiger partial charge in [-0.2, -0.15) is 4.98 Å². The Labute approximate surface area is 124 Å². The Morgan fingerprint density at radius 1 is 1.10 bits per heavy atom. The summed E-state index contributed by atoms with van der Waals surface area (Å²) in [6.45, 7) is 3.63. The number of aryl methyl sites for hydroxylation is 1. The molecule has 0 unspecified atom stereocenters. The highest BCUT2D eigenvalue weighted by molar-refractivity contribution is 7.90. The van der Waals surface area contributed by atoms with Crippen LogP contribution in [0, 0.1) is 13.8 Å². The van der Waals surface area contributed by atoms with Crippen LogP contribution in [-0.4, -0.2) is 31.7 Å². The lowest BCUT2D eigenvalue weighted by Crippen LogP contribution is -2.03. The quantitative estimate of drug-likeness (QED) is 0.933. The van der Waals surface area contributed by atoms with Gasteiger partial charge in [-0.15, -0.1) is 0 Å². The molecule has 0 aliphatic heterocycles. The summed E-state index contributed by atoms with van der Waals surface area (Å²) >= 11 is 0. The first-order chi connectivity index (χ1) is 9.81. The van der Waals surface area contributed by atoms with Gasteiger partial charge in [0.05, 0.1) is 10.5 Å². The predicted octanol–water partition coefficient (Wildman–Crippen LogP) is 2.33. The molecule has 1 aromatic carbocycles. The zero-order valence-electron chi connectivity index (χ0n) is 12.3. The van der Waals surface area contributed by atoms with Gasteiger partial charge in [-0.3, -0.25) is 0 Å². The zero-order chi connectivity index (χ0) is 15.6. The maximum Gasteiger partial charge on any atom is 0.227 e. The van der Waals surface area contributed by atoms with Gasteiger partial charge in [0.2, 0.25) is 5.88 Å². The van der Waals surface area contributed by atoms with Gasteiger partial charge < -0.3 is 10.1 Å². The molecular formula is C14H17N3O3S. The van der Waals surface area contributed by atoms with Crippen molar-refractivity contribution in [1.82, 2.24) is 9.97 Å². The highest BCUT2D eigenvalue weighted by Gasteiger charge is 2.11. The lowest BCUT2D eigenvalue weighted by Gasteiger charge is -2.11. The number of anilines is 1. The lowest BCUT2D eigenvalue weighted by atomic mass is 10.3. The summed E-state index contributed by atoms with van der Waals surface area (Å²) in [5.74, 6) is 2.25. The van der Waals surface area contributed by atoms with E-state index in [1.54, 1.807) is 26.1 Å². The number of nitrogens with zero attached hydrogens (tertiary/aromatic N) is 2. The summed E-state index contributed by atoms with van der Waals surface area (Å²) in [6.07, 6.45) is 1.17. The van der Waals surface area contributed by atoms with Crippen LogP contribution in [0.2, 0.25) is 0 Å². The van der Waals surface area contributed by atoms with Gasteiger partial charge in [0, 0.05) is 13.3 Å². The SMILES string of the molecule is CNc1nc(C)nc(Oc2ccc(S(C)(=O)=O)cc2)c1C. The molecule has 21 heavy (non-hydrogen) atoms. The molecule has 2 rings (SSSR count). The Bertz CT molecular complexity index is 756. The predicted molar refractivity (Wildman–Crippen MR) is 80.7 cm³/mol. The number of sulfone groups is 1. The van der Waals surface area contributed by atoms with Crippen molar-refractivity contribution in [2.24, 2.45) is 0 Å². The Morgan fingerprint density at radius 3 is 2.24 bits per heavy atom. The second-order valence-corrected chi connectivity index (χ2v) is 6.66. The van der Waals surface area contributed by atoms with E-state index in [4.69, 9.17) is 4.74 Å². The van der Waals surface area contributed by atoms with Gasteiger partial charge in [0.1, 0.15) is 17.4 Å². The van der Waals surface area contributed by atoms with Crippen LogP contribution in [0.4, 0.5) is 5.82 Å². The molecule has 0 aliphatic rings. The van der Waals surface area contributed by atoms with E-state index in [1.165, 1.54) is 18.4 Å². The fourth-order valence-corrected chi connectivity index (χ4v) is 2.44. The molecule has 0 bridgehead atoms. The van der Waals surface area contributed by atoms with Crippen LogP contribution >= 0.6 is 0 Å². The monoisotopic (exact) mass is 307 g/mol. The van der Waals surface area contributed by atoms with Crippen molar-refractivity contribution >= 4 is 15.7 Å². The van der Waals surface area contributed by atoms with Gasteiger partial charge in [0.25, 0.3) is 0 Å². The molecule has 112 valence electrons. The maximum atomic E-state index is 11.4. The third-order valence-corrected chi connectivity index (χ3v) is 4.04. The normalized spacial score (nSPS) is 11.2. The van der Waals surface area contributed by atoms with E-state index in [1.807, 2.05) is 6.92 Å². The summed E-state index contributed by atoms with van der Waals surface area (Å²) < 4.78 is 28.5. The molecule has 7 heteroatoms. The van der Waals surface area contributed by atoms with Crippen molar-refractivity contribution in [2.75, 3.05) is 18.6 Å². The fraction of sp³-hybridized carbons (Fsp3) is 0.286. The number of rotatable bonds is 4. The van der Waals surface area contributed by atoms with E-state index in [-0.39, 0.29) is 4.90 Å². The van der Waals surface area contributed by atoms with E-state index in [0.717, 1.165) is 5.56 Å². The number of aromatic nitrogens is 2. The second-order valence-electron chi connectivity index (χ2n) is 4.65. The molecule has 1 heterocycles. The van der Waals surface area contributed by atoms with Crippen LogP contribution in [0.15, 0.2) is 29.2 Å². The largest absolute Gasteiger partial charge is 0.439 e. The van der Waals surface area contributed by atoms with Gasteiger partial charge in [0.15, 0.2) is 9.84 Å². The smallest absolute Gasteiger partial charge is 0.227 e. The molecule has 6 nitrogen and oxygen atoms in total. The molecule has 1 aromatic heterocycles. The van der Waals surface area contributed by atoms with Crippen LogP contribution in [0.25, 0.3) is 0 Å². The summed E-state index contributed by atoms with van der Waals surface area (Å²) in [6, 6.07) is 6.22. The standard InChI is InChI=1S/C14H17N3O3S/c1-9-13(15-3)16-10(2)17-14(9)20-11-5-7-12(8-6-11)21(4,18)19/h5-8H,1-4H3,(H,15,16,17). The third-order valence-electron chi connectivity index (χ3n) is 2.92. The average molecular weight is 307 g/mol. The van der Waals surface area contributed by atoms with E-state index >= 15 is 0 Å². The van der Waals surface area contributed by atoms with Gasteiger partial charge in [-0.1, -0.05) is 0 Å². The molecule has 2 aromatic rings. The summed E-state index contributed by atoms with van der Waals surface area (Å²) in [5, 5.41) is 2.98. The molecule has 0 aliphatic carbocycles. The Hall–Kier alpha value is -2.15. The van der Waals surface area contributed by atoms with Crippen molar-refractivity contribution in [3.05, 3.63) is 35.7 Å². The van der Waals surface area contributed by atoms with Crippen LogP contribution in [-0.2, 0) is 9.84 Å². The first-order valence-electron chi connectivity index (χ1n) is 6.32. The van der Waals surface area contributed by atoms with Crippen molar-refractivity contribution < 1.29 is 13.2 Å². The molecule has 0 atom stereocenters. The van der Waals surface area contributed by atoms with E-state index < -0.39 is 9.84 Å². The van der Waals surface area contributed by atoms with Gasteiger partial charge >= 0.3 is 0 Å². The maximum absolute atomic E-state index is 11.4. The van der Waals surface area contributed by atoms with Crippen molar-refractivity contribution in [2.45, 2.75) is 18.7 Å². The summed E-state index contributed by atoms with van der Waals surface area (Å²) in [7, 11) is -1.43. The van der Waals surface area contributed by atoms with Crippen LogP contribution in [0.3, 0.4) is 0 Å². The minimum atomic E-state index is -3.21. The highest BCUT2D eigenvalue weighted by atomic mass is 32.2. The lowest BCUT2D eigenvalue weighted by molar-refractivity contribution is 0.455. The zero-order valence-corrected chi connectivity index (χ0v) is 13.2. The van der Waals surface area contributed by atoms with Crippen LogP contribution in [0.1, 0.15) is 11.4 Å². The first-order valence-corrected chi connectivity index (χ1v) is 8.21. The molecular weight excluding hydrogens is 290 g/mol. The van der Waals surface area contributed by atoms with Crippen molar-refractivity contribution in [3.8, 4) is 11.6 Å². The van der Waals surface area contributed by atoms with Crippen LogP contribution < -0.4 is 10.1 Å². The second kappa shape index (κ2) is 5.69. The van der Waals surface area contributed by atoms with Gasteiger partial charge in [-0.05, 0) is 38.1 Å². The summed E-state index contributed by atoms with van der Waals surface area (Å²) in [5.41, 5.74) is 0.787. The Morgan fingerprint density at radius 2 is 1.71 bits per heavy atom. The molecule has 0 spiro atoms.